The van der Waals surface area contributed by atoms with Gasteiger partial charge >= 0.3 is 0 Å². The van der Waals surface area contributed by atoms with Crippen LogP contribution >= 0.6 is 24.0 Å². The fourth-order valence-corrected chi connectivity index (χ4v) is 0.194. The second-order valence-corrected chi connectivity index (χ2v) is 2.39. The zero-order valence-corrected chi connectivity index (χ0v) is 5.10. The molecule has 0 unspecified atom stereocenters. The minimum absolute atomic E-state index is 0.0243. The van der Waals surface area contributed by atoms with Gasteiger partial charge in [0.1, 0.15) is 0 Å². The highest BCUT2D eigenvalue weighted by Gasteiger charge is 1.83. The van der Waals surface area contributed by atoms with Gasteiger partial charge in [-0.15, -0.1) is 11.8 Å². The lowest BCUT2D eigenvalue weighted by Crippen LogP contribution is -1.90. The van der Waals surface area contributed by atoms with E-state index in [1.165, 1.54) is 11.8 Å². The van der Waals surface area contributed by atoms with E-state index < -0.39 is 0 Å². The summed E-state index contributed by atoms with van der Waals surface area (Å²) in [5, 5.41) is 8.17. The molecule has 0 aliphatic heterocycles. The van der Waals surface area contributed by atoms with Crippen LogP contribution in [0.5, 0.6) is 0 Å². The summed E-state index contributed by atoms with van der Waals surface area (Å²) in [4.78, 5) is 0. The van der Waals surface area contributed by atoms with E-state index >= 15 is 0 Å². The number of thioether (sulfide) groups is 1. The highest BCUT2D eigenvalue weighted by molar-refractivity contribution is 8.22. The molecule has 0 aromatic carbocycles. The summed E-state index contributed by atoms with van der Waals surface area (Å²) in [6.07, 6.45) is 1.85. The van der Waals surface area contributed by atoms with Gasteiger partial charge in [-0.3, -0.25) is 0 Å². The predicted octanol–water partition coefficient (Wildman–Crippen LogP) is 0.669. The molecule has 0 saturated heterocycles. The van der Waals surface area contributed by atoms with E-state index in [0.29, 0.717) is 4.20 Å². The first-order valence-electron chi connectivity index (χ1n) is 1.49. The zero-order chi connectivity index (χ0) is 4.99. The topological polar surface area (TPSA) is 20.2 Å². The van der Waals surface area contributed by atoms with Crippen molar-refractivity contribution in [3.63, 3.8) is 0 Å². The van der Waals surface area contributed by atoms with Crippen LogP contribution in [-0.2, 0) is 0 Å². The van der Waals surface area contributed by atoms with Crippen LogP contribution in [-0.4, -0.2) is 22.2 Å². The third-order valence-corrected chi connectivity index (χ3v) is 1.57. The Morgan fingerprint density at radius 1 is 2.00 bits per heavy atom. The van der Waals surface area contributed by atoms with E-state index in [9.17, 15) is 0 Å². The Morgan fingerprint density at radius 2 is 2.50 bits per heavy atom. The van der Waals surface area contributed by atoms with Gasteiger partial charge in [0.2, 0.25) is 0 Å². The first kappa shape index (κ1) is 6.40. The number of hydrogen-bond acceptors (Lipinski definition) is 3. The minimum Gasteiger partial charge on any atom is -0.390 e. The van der Waals surface area contributed by atoms with Gasteiger partial charge in [0.25, 0.3) is 0 Å². The van der Waals surface area contributed by atoms with Crippen molar-refractivity contribution in [3.05, 3.63) is 0 Å². The molecule has 6 heavy (non-hydrogen) atoms. The van der Waals surface area contributed by atoms with Crippen molar-refractivity contribution >= 4 is 28.2 Å². The van der Waals surface area contributed by atoms with Gasteiger partial charge in [-0.25, -0.2) is 0 Å². The van der Waals surface area contributed by atoms with Crippen molar-refractivity contribution in [2.24, 2.45) is 0 Å². The second kappa shape index (κ2) is 3.59. The maximum atomic E-state index is 8.17. The summed E-state index contributed by atoms with van der Waals surface area (Å²) < 4.78 is 0.648. The lowest BCUT2D eigenvalue weighted by molar-refractivity contribution is 0.362. The van der Waals surface area contributed by atoms with Crippen LogP contribution in [0, 0.1) is 0 Å². The Morgan fingerprint density at radius 3 is 2.50 bits per heavy atom. The summed E-state index contributed by atoms with van der Waals surface area (Å²) in [6.45, 7) is 0.0243. The number of hydrogen-bond donors (Lipinski definition) is 1. The molecular weight excluding hydrogens is 116 g/mol. The molecule has 0 fully saturated rings. The predicted molar refractivity (Wildman–Crippen MR) is 33.2 cm³/mol. The fraction of sp³-hybridized carbons (Fsp3) is 0.667. The summed E-state index contributed by atoms with van der Waals surface area (Å²) in [6, 6.07) is 0. The van der Waals surface area contributed by atoms with Crippen molar-refractivity contribution in [3.8, 4) is 0 Å². The molecule has 0 aromatic heterocycles. The molecule has 36 valence electrons. The molecule has 0 aliphatic rings. The number of rotatable bonds is 1. The normalized spacial score (nSPS) is 8.33. The molecule has 0 radical (unpaired) electrons. The van der Waals surface area contributed by atoms with Gasteiger partial charge in [0.05, 0.1) is 10.8 Å². The Hall–Kier alpha value is 0.400. The van der Waals surface area contributed by atoms with Crippen LogP contribution in [0.25, 0.3) is 0 Å². The molecule has 0 atom stereocenters. The van der Waals surface area contributed by atoms with Crippen molar-refractivity contribution < 1.29 is 5.11 Å². The number of aliphatic hydroxyl groups excluding tert-OH is 1. The zero-order valence-electron chi connectivity index (χ0n) is 3.47. The minimum atomic E-state index is 0.0243. The van der Waals surface area contributed by atoms with E-state index in [0.717, 1.165) is 0 Å². The summed E-state index contributed by atoms with van der Waals surface area (Å²) >= 11 is 5.98. The Labute approximate surface area is 46.7 Å². The van der Waals surface area contributed by atoms with Gasteiger partial charge in [0, 0.05) is 0 Å². The number of thiocarbonyl (C=S) groups is 1. The molecule has 0 rings (SSSR count). The molecular formula is C3H6OS2. The average Bonchev–Trinajstić information content (AvgIpc) is 1.65. The van der Waals surface area contributed by atoms with Crippen molar-refractivity contribution in [2.45, 2.75) is 0 Å². The lowest BCUT2D eigenvalue weighted by atomic mass is 10.9. The van der Waals surface area contributed by atoms with E-state index in [4.69, 9.17) is 5.11 Å². The van der Waals surface area contributed by atoms with Crippen molar-refractivity contribution in [2.75, 3.05) is 12.9 Å². The van der Waals surface area contributed by atoms with Crippen LogP contribution in [0.3, 0.4) is 0 Å². The van der Waals surface area contributed by atoms with Crippen LogP contribution < -0.4 is 0 Å². The van der Waals surface area contributed by atoms with Crippen molar-refractivity contribution in [1.82, 2.24) is 0 Å². The summed E-state index contributed by atoms with van der Waals surface area (Å²) in [7, 11) is 0. The average molecular weight is 122 g/mol. The molecule has 0 bridgehead atoms. The number of aliphatic hydroxyl groups is 1. The van der Waals surface area contributed by atoms with Crippen LogP contribution in [0.1, 0.15) is 0 Å². The SMILES string of the molecule is CSC(=S)CO. The lowest BCUT2D eigenvalue weighted by Gasteiger charge is -1.85. The van der Waals surface area contributed by atoms with Crippen molar-refractivity contribution in [1.29, 1.82) is 0 Å². The van der Waals surface area contributed by atoms with Gasteiger partial charge in [-0.05, 0) is 6.26 Å². The van der Waals surface area contributed by atoms with Gasteiger partial charge in [-0.2, -0.15) is 0 Å². The third-order valence-electron chi connectivity index (χ3n) is 0.357. The second-order valence-electron chi connectivity index (χ2n) is 0.734. The molecule has 0 aromatic rings. The van der Waals surface area contributed by atoms with E-state index in [1.54, 1.807) is 0 Å². The largest absolute Gasteiger partial charge is 0.390 e. The Bertz CT molecular complexity index is 46.8. The van der Waals surface area contributed by atoms with E-state index in [-0.39, 0.29) is 6.61 Å². The Balaban J connectivity index is 2.99. The van der Waals surface area contributed by atoms with Gasteiger partial charge < -0.3 is 5.11 Å². The maximum Gasteiger partial charge on any atom is 0.0842 e. The van der Waals surface area contributed by atoms with Crippen LogP contribution in [0.15, 0.2) is 0 Å². The summed E-state index contributed by atoms with van der Waals surface area (Å²) in [5.41, 5.74) is 0. The van der Waals surface area contributed by atoms with E-state index in [1.807, 2.05) is 6.26 Å². The maximum absolute atomic E-state index is 8.17. The third kappa shape index (κ3) is 2.63. The molecule has 1 N–H and O–H groups in total. The molecule has 0 spiro atoms. The Kier molecular flexibility index (Phi) is 3.82. The fourth-order valence-electron chi connectivity index (χ4n) is 0.0645. The van der Waals surface area contributed by atoms with Crippen LogP contribution in [0.4, 0.5) is 0 Å². The van der Waals surface area contributed by atoms with Crippen LogP contribution in [0.2, 0.25) is 0 Å². The summed E-state index contributed by atoms with van der Waals surface area (Å²) in [5.74, 6) is 0. The van der Waals surface area contributed by atoms with E-state index in [2.05, 4.69) is 12.2 Å². The highest BCUT2D eigenvalue weighted by Crippen LogP contribution is 1.93. The quantitative estimate of drug-likeness (QED) is 0.516. The molecule has 0 saturated carbocycles. The molecule has 0 heterocycles. The monoisotopic (exact) mass is 122 g/mol. The molecule has 1 nitrogen and oxygen atoms in total. The standard InChI is InChI=1S/C3H6OS2/c1-6-3(5)2-4/h4H,2H2,1H3. The first-order valence-corrected chi connectivity index (χ1v) is 3.12. The smallest absolute Gasteiger partial charge is 0.0842 e. The highest BCUT2D eigenvalue weighted by atomic mass is 32.2. The first-order chi connectivity index (χ1) is 2.81. The van der Waals surface area contributed by atoms with Gasteiger partial charge in [-0.1, -0.05) is 12.2 Å². The van der Waals surface area contributed by atoms with Gasteiger partial charge in [0.15, 0.2) is 0 Å². The molecule has 0 amide bonds. The molecule has 0 aliphatic carbocycles. The molecule has 3 heteroatoms.